The minimum atomic E-state index is 0.896. The molecule has 0 aromatic carbocycles. The molecule has 0 heteroatoms. The van der Waals surface area contributed by atoms with E-state index in [0.717, 1.165) is 24.2 Å². The Morgan fingerprint density at radius 3 is 2.73 bits per heavy atom. The number of fused-ring (bicyclic) bond motifs is 1. The molecule has 11 heavy (non-hydrogen) atoms. The summed E-state index contributed by atoms with van der Waals surface area (Å²) in [7, 11) is 0. The molecule has 2 aliphatic rings. The van der Waals surface area contributed by atoms with Gasteiger partial charge in [0.2, 0.25) is 0 Å². The van der Waals surface area contributed by atoms with E-state index in [4.69, 9.17) is 6.42 Å². The summed E-state index contributed by atoms with van der Waals surface area (Å²) in [5.74, 6) is 5.82. The van der Waals surface area contributed by atoms with Gasteiger partial charge in [-0.3, -0.25) is 0 Å². The van der Waals surface area contributed by atoms with Crippen LogP contribution in [-0.2, 0) is 0 Å². The third-order valence-corrected chi connectivity index (χ3v) is 3.61. The lowest BCUT2D eigenvalue weighted by Gasteiger charge is -2.45. The fraction of sp³-hybridized carbons (Fsp3) is 0.818. The molecule has 0 aromatic heterocycles. The molecular formula is C11H16. The predicted molar refractivity (Wildman–Crippen MR) is 47.0 cm³/mol. The van der Waals surface area contributed by atoms with Crippen molar-refractivity contribution in [1.82, 2.24) is 0 Å². The van der Waals surface area contributed by atoms with E-state index in [0.29, 0.717) is 0 Å². The second-order valence-electron chi connectivity index (χ2n) is 4.10. The van der Waals surface area contributed by atoms with Crippen LogP contribution in [0.5, 0.6) is 0 Å². The third kappa shape index (κ3) is 1.18. The minimum absolute atomic E-state index is 0.896. The van der Waals surface area contributed by atoms with E-state index in [9.17, 15) is 0 Å². The molecule has 2 fully saturated rings. The van der Waals surface area contributed by atoms with Crippen LogP contribution in [0, 0.1) is 30.1 Å². The van der Waals surface area contributed by atoms with E-state index in [-0.39, 0.29) is 0 Å². The number of rotatable bonds is 1. The van der Waals surface area contributed by atoms with Crippen molar-refractivity contribution in [2.45, 2.75) is 38.5 Å². The van der Waals surface area contributed by atoms with Crippen LogP contribution < -0.4 is 0 Å². The SMILES string of the molecule is C#CCC1CCCC2CCC12. The highest BCUT2D eigenvalue weighted by molar-refractivity contribution is 4.96. The van der Waals surface area contributed by atoms with Gasteiger partial charge in [-0.1, -0.05) is 12.8 Å². The minimum Gasteiger partial charge on any atom is -0.120 e. The van der Waals surface area contributed by atoms with E-state index in [1.807, 2.05) is 0 Å². The first-order valence-corrected chi connectivity index (χ1v) is 4.85. The van der Waals surface area contributed by atoms with Crippen LogP contribution in [0.3, 0.4) is 0 Å². The lowest BCUT2D eigenvalue weighted by atomic mass is 9.60. The van der Waals surface area contributed by atoms with Crippen molar-refractivity contribution >= 4 is 0 Å². The first-order chi connectivity index (χ1) is 5.42. The van der Waals surface area contributed by atoms with Gasteiger partial charge in [0.1, 0.15) is 0 Å². The van der Waals surface area contributed by atoms with Crippen LogP contribution >= 0.6 is 0 Å². The van der Waals surface area contributed by atoms with Gasteiger partial charge in [0.05, 0.1) is 0 Å². The lowest BCUT2D eigenvalue weighted by molar-refractivity contribution is 0.0551. The van der Waals surface area contributed by atoms with Gasteiger partial charge in [0.15, 0.2) is 0 Å². The maximum absolute atomic E-state index is 5.34. The highest BCUT2D eigenvalue weighted by atomic mass is 14.4. The maximum Gasteiger partial charge on any atom is 0.0117 e. The summed E-state index contributed by atoms with van der Waals surface area (Å²) in [6.07, 6.45) is 13.7. The Morgan fingerprint density at radius 2 is 2.09 bits per heavy atom. The highest BCUT2D eigenvalue weighted by Gasteiger charge is 2.38. The third-order valence-electron chi connectivity index (χ3n) is 3.61. The molecule has 0 saturated heterocycles. The van der Waals surface area contributed by atoms with Gasteiger partial charge in [0.25, 0.3) is 0 Å². The van der Waals surface area contributed by atoms with Crippen LogP contribution in [0.15, 0.2) is 0 Å². The van der Waals surface area contributed by atoms with Gasteiger partial charge in [-0.15, -0.1) is 12.3 Å². The molecule has 2 rings (SSSR count). The van der Waals surface area contributed by atoms with Gasteiger partial charge < -0.3 is 0 Å². The normalized spacial score (nSPS) is 41.9. The van der Waals surface area contributed by atoms with E-state index < -0.39 is 0 Å². The fourth-order valence-electron chi connectivity index (χ4n) is 2.83. The first-order valence-electron chi connectivity index (χ1n) is 4.85. The Kier molecular flexibility index (Phi) is 1.90. The zero-order valence-corrected chi connectivity index (χ0v) is 7.05. The molecule has 0 spiro atoms. The van der Waals surface area contributed by atoms with Crippen LogP contribution in [0.4, 0.5) is 0 Å². The molecule has 0 nitrogen and oxygen atoms in total. The zero-order chi connectivity index (χ0) is 7.68. The summed E-state index contributed by atoms with van der Waals surface area (Å²) in [4.78, 5) is 0. The summed E-state index contributed by atoms with van der Waals surface area (Å²) >= 11 is 0. The Balaban J connectivity index is 1.93. The lowest BCUT2D eigenvalue weighted by Crippen LogP contribution is -2.35. The van der Waals surface area contributed by atoms with Crippen molar-refractivity contribution in [1.29, 1.82) is 0 Å². The van der Waals surface area contributed by atoms with Crippen molar-refractivity contribution in [2.75, 3.05) is 0 Å². The van der Waals surface area contributed by atoms with Gasteiger partial charge in [-0.25, -0.2) is 0 Å². The van der Waals surface area contributed by atoms with Crippen molar-refractivity contribution in [2.24, 2.45) is 17.8 Å². The molecule has 0 aliphatic heterocycles. The van der Waals surface area contributed by atoms with Gasteiger partial charge in [-0.2, -0.15) is 0 Å². The Labute approximate surface area is 69.4 Å². The smallest absolute Gasteiger partial charge is 0.0117 e. The summed E-state index contributed by atoms with van der Waals surface area (Å²) in [5, 5.41) is 0. The molecule has 0 amide bonds. The molecule has 3 atom stereocenters. The monoisotopic (exact) mass is 148 g/mol. The molecule has 0 radical (unpaired) electrons. The van der Waals surface area contributed by atoms with Gasteiger partial charge in [0, 0.05) is 6.42 Å². The quantitative estimate of drug-likeness (QED) is 0.502. The van der Waals surface area contributed by atoms with Crippen LogP contribution in [0.1, 0.15) is 38.5 Å². The van der Waals surface area contributed by atoms with Crippen molar-refractivity contribution in [3.8, 4) is 12.3 Å². The summed E-state index contributed by atoms with van der Waals surface area (Å²) in [6, 6.07) is 0. The molecular weight excluding hydrogens is 132 g/mol. The Hall–Kier alpha value is -0.440. The molecule has 0 bridgehead atoms. The van der Waals surface area contributed by atoms with Crippen LogP contribution in [0.25, 0.3) is 0 Å². The van der Waals surface area contributed by atoms with E-state index in [1.54, 1.807) is 0 Å². The zero-order valence-electron chi connectivity index (χ0n) is 7.05. The van der Waals surface area contributed by atoms with E-state index in [1.165, 1.54) is 32.1 Å². The van der Waals surface area contributed by atoms with Gasteiger partial charge >= 0.3 is 0 Å². The van der Waals surface area contributed by atoms with Crippen LogP contribution in [-0.4, -0.2) is 0 Å². The van der Waals surface area contributed by atoms with Gasteiger partial charge in [-0.05, 0) is 37.0 Å². The second-order valence-corrected chi connectivity index (χ2v) is 4.10. The largest absolute Gasteiger partial charge is 0.120 e. The Morgan fingerprint density at radius 1 is 1.18 bits per heavy atom. The molecule has 3 unspecified atom stereocenters. The summed E-state index contributed by atoms with van der Waals surface area (Å²) in [5.41, 5.74) is 0. The predicted octanol–water partition coefficient (Wildman–Crippen LogP) is 2.84. The average Bonchev–Trinajstić information content (AvgIpc) is 1.94. The summed E-state index contributed by atoms with van der Waals surface area (Å²) < 4.78 is 0. The number of terminal acetylenes is 1. The number of hydrogen-bond acceptors (Lipinski definition) is 0. The molecule has 2 saturated carbocycles. The molecule has 2 aliphatic carbocycles. The maximum atomic E-state index is 5.34. The summed E-state index contributed by atoms with van der Waals surface area (Å²) in [6.45, 7) is 0. The molecule has 60 valence electrons. The molecule has 0 aromatic rings. The molecule has 0 N–H and O–H groups in total. The molecule has 0 heterocycles. The Bertz CT molecular complexity index is 175. The second kappa shape index (κ2) is 2.89. The topological polar surface area (TPSA) is 0 Å². The van der Waals surface area contributed by atoms with Crippen molar-refractivity contribution < 1.29 is 0 Å². The average molecular weight is 148 g/mol. The first kappa shape index (κ1) is 7.22. The van der Waals surface area contributed by atoms with Crippen molar-refractivity contribution in [3.63, 3.8) is 0 Å². The standard InChI is InChI=1S/C11H16/c1-2-4-9-5-3-6-10-7-8-11(9)10/h1,9-11H,3-8H2. The highest BCUT2D eigenvalue weighted by Crippen LogP contribution is 2.48. The fourth-order valence-corrected chi connectivity index (χ4v) is 2.83. The van der Waals surface area contributed by atoms with Crippen LogP contribution in [0.2, 0.25) is 0 Å². The van der Waals surface area contributed by atoms with Crippen molar-refractivity contribution in [3.05, 3.63) is 0 Å². The number of hydrogen-bond donors (Lipinski definition) is 0. The van der Waals surface area contributed by atoms with E-state index in [2.05, 4.69) is 5.92 Å². The van der Waals surface area contributed by atoms with E-state index >= 15 is 0 Å².